The van der Waals surface area contributed by atoms with Crippen molar-refractivity contribution in [3.63, 3.8) is 0 Å². The molecule has 8 aromatic carbocycles. The Morgan fingerprint density at radius 2 is 0.930 bits per heavy atom. The van der Waals surface area contributed by atoms with Crippen molar-refractivity contribution in [1.82, 2.24) is 14.6 Å². The zero-order chi connectivity index (χ0) is 37.2. The number of rotatable bonds is 3. The molecule has 57 heavy (non-hydrogen) atoms. The van der Waals surface area contributed by atoms with Gasteiger partial charge in [0, 0.05) is 39.0 Å². The molecule has 2 aliphatic carbocycles. The van der Waals surface area contributed by atoms with Gasteiger partial charge in [0.1, 0.15) is 11.2 Å². The molecule has 1 spiro atoms. The van der Waals surface area contributed by atoms with E-state index in [9.17, 15) is 0 Å². The third kappa shape index (κ3) is 4.01. The fourth-order valence-electron chi connectivity index (χ4n) is 10.2. The number of aromatic nitrogens is 3. The third-order valence-corrected chi connectivity index (χ3v) is 12.6. The van der Waals surface area contributed by atoms with Gasteiger partial charge in [0.05, 0.1) is 5.41 Å². The standard InChI is InChI=1S/C53H31N3O/c1-2-17-43-36(12-1)44(31-56-51(54-55-52(43)56)33-26-24-32(25-27-33)35-18-11-19-42-41-16-6-10-23-49(41)57-50(35)42)34-28-29-40-39-15-5-9-22-47(39)53(48(40)30-34)45-20-7-3-13-37(45)38-14-4-8-21-46(38)53/h1-31H. The second-order valence-corrected chi connectivity index (χ2v) is 15.3. The quantitative estimate of drug-likeness (QED) is 0.182. The maximum absolute atomic E-state index is 6.38. The van der Waals surface area contributed by atoms with E-state index >= 15 is 0 Å². The largest absolute Gasteiger partial charge is 0.455 e. The minimum atomic E-state index is -0.412. The Morgan fingerprint density at radius 1 is 0.386 bits per heavy atom. The van der Waals surface area contributed by atoms with E-state index in [1.54, 1.807) is 0 Å². The van der Waals surface area contributed by atoms with E-state index in [4.69, 9.17) is 14.6 Å². The minimum absolute atomic E-state index is 0.412. The normalized spacial score (nSPS) is 13.4. The van der Waals surface area contributed by atoms with E-state index in [1.807, 2.05) is 12.1 Å². The molecule has 0 saturated carbocycles. The van der Waals surface area contributed by atoms with Crippen LogP contribution in [-0.4, -0.2) is 14.6 Å². The second kappa shape index (κ2) is 11.2. The number of fused-ring (bicyclic) bond motifs is 16. The van der Waals surface area contributed by atoms with Crippen LogP contribution in [0.25, 0.3) is 94.3 Å². The van der Waals surface area contributed by atoms with Crippen molar-refractivity contribution in [2.45, 2.75) is 5.41 Å². The first kappa shape index (κ1) is 30.7. The maximum Gasteiger partial charge on any atom is 0.169 e. The second-order valence-electron chi connectivity index (χ2n) is 15.3. The lowest BCUT2D eigenvalue weighted by Crippen LogP contribution is -2.25. The lowest BCUT2D eigenvalue weighted by Gasteiger charge is -2.30. The SMILES string of the molecule is c1ccc2c(c1)-c1ccccc1C21c2ccccc2-c2ccc(-c3cn4c(-c5ccc(-c6cccc7c6oc6ccccc67)cc5)nnc4c4ccccc34)cc21. The Hall–Kier alpha value is -7.56. The van der Waals surface area contributed by atoms with Crippen LogP contribution in [0, 0.1) is 0 Å². The maximum atomic E-state index is 6.38. The van der Waals surface area contributed by atoms with Crippen LogP contribution in [0.2, 0.25) is 0 Å². The Bertz CT molecular complexity index is 3410. The number of benzene rings is 8. The van der Waals surface area contributed by atoms with Gasteiger partial charge in [-0.1, -0.05) is 170 Å². The highest BCUT2D eigenvalue weighted by molar-refractivity contribution is 6.10. The molecule has 3 aromatic heterocycles. The van der Waals surface area contributed by atoms with Crippen molar-refractivity contribution < 1.29 is 4.42 Å². The molecule has 0 unspecified atom stereocenters. The van der Waals surface area contributed by atoms with E-state index < -0.39 is 5.41 Å². The highest BCUT2D eigenvalue weighted by atomic mass is 16.3. The van der Waals surface area contributed by atoms with E-state index in [1.165, 1.54) is 44.5 Å². The summed E-state index contributed by atoms with van der Waals surface area (Å²) in [6, 6.07) is 65.8. The van der Waals surface area contributed by atoms with Crippen LogP contribution in [0.1, 0.15) is 22.3 Å². The highest BCUT2D eigenvalue weighted by Crippen LogP contribution is 2.63. The summed E-state index contributed by atoms with van der Waals surface area (Å²) in [5, 5.41) is 14.1. The van der Waals surface area contributed by atoms with Crippen LogP contribution in [-0.2, 0) is 5.41 Å². The molecule has 0 radical (unpaired) electrons. The van der Waals surface area contributed by atoms with E-state index in [0.29, 0.717) is 0 Å². The van der Waals surface area contributed by atoms with Crippen molar-refractivity contribution in [2.24, 2.45) is 0 Å². The lowest BCUT2D eigenvalue weighted by molar-refractivity contribution is 0.670. The predicted octanol–water partition coefficient (Wildman–Crippen LogP) is 13.1. The molecule has 0 atom stereocenters. The molecule has 2 aliphatic rings. The Morgan fingerprint density at radius 3 is 1.65 bits per heavy atom. The van der Waals surface area contributed by atoms with Crippen molar-refractivity contribution in [3.05, 3.63) is 210 Å². The molecule has 4 nitrogen and oxygen atoms in total. The van der Waals surface area contributed by atoms with E-state index in [0.717, 1.165) is 72.0 Å². The van der Waals surface area contributed by atoms with Crippen molar-refractivity contribution in [2.75, 3.05) is 0 Å². The van der Waals surface area contributed by atoms with Gasteiger partial charge in [0.15, 0.2) is 11.5 Å². The summed E-state index contributed by atoms with van der Waals surface area (Å²) in [6.07, 6.45) is 2.24. The predicted molar refractivity (Wildman–Crippen MR) is 230 cm³/mol. The summed E-state index contributed by atoms with van der Waals surface area (Å²) in [6.45, 7) is 0. The minimum Gasteiger partial charge on any atom is -0.455 e. The molecule has 13 rings (SSSR count). The van der Waals surface area contributed by atoms with Crippen LogP contribution >= 0.6 is 0 Å². The number of hydrogen-bond donors (Lipinski definition) is 0. The smallest absolute Gasteiger partial charge is 0.169 e. The number of para-hydroxylation sites is 2. The average molecular weight is 726 g/mol. The molecule has 0 aliphatic heterocycles. The first-order valence-electron chi connectivity index (χ1n) is 19.5. The Balaban J connectivity index is 0.993. The monoisotopic (exact) mass is 725 g/mol. The number of pyridine rings is 1. The van der Waals surface area contributed by atoms with Gasteiger partial charge >= 0.3 is 0 Å². The lowest BCUT2D eigenvalue weighted by atomic mass is 9.70. The fourth-order valence-corrected chi connectivity index (χ4v) is 10.2. The van der Waals surface area contributed by atoms with Crippen molar-refractivity contribution in [1.29, 1.82) is 0 Å². The molecule has 264 valence electrons. The van der Waals surface area contributed by atoms with Gasteiger partial charge < -0.3 is 4.42 Å². The van der Waals surface area contributed by atoms with E-state index in [-0.39, 0.29) is 0 Å². The van der Waals surface area contributed by atoms with Crippen molar-refractivity contribution in [3.8, 4) is 55.9 Å². The van der Waals surface area contributed by atoms with Gasteiger partial charge in [0.25, 0.3) is 0 Å². The molecule has 4 heteroatoms. The molecule has 0 bridgehead atoms. The number of nitrogens with zero attached hydrogens (tertiary/aromatic N) is 3. The first-order chi connectivity index (χ1) is 28.3. The van der Waals surface area contributed by atoms with Crippen molar-refractivity contribution >= 4 is 38.4 Å². The molecule has 3 heterocycles. The summed E-state index contributed by atoms with van der Waals surface area (Å²) >= 11 is 0. The molecule has 0 amide bonds. The fraction of sp³-hybridized carbons (Fsp3) is 0.0189. The topological polar surface area (TPSA) is 43.3 Å². The van der Waals surface area contributed by atoms with Gasteiger partial charge in [0.2, 0.25) is 0 Å². The number of hydrogen-bond acceptors (Lipinski definition) is 3. The summed E-state index contributed by atoms with van der Waals surface area (Å²) in [5.74, 6) is 0.800. The number of furan rings is 1. The molecule has 0 N–H and O–H groups in total. The molecule has 0 fully saturated rings. The molecular weight excluding hydrogens is 695 g/mol. The molecule has 0 saturated heterocycles. The zero-order valence-corrected chi connectivity index (χ0v) is 30.6. The van der Waals surface area contributed by atoms with Crippen LogP contribution in [0.3, 0.4) is 0 Å². The van der Waals surface area contributed by atoms with Gasteiger partial charge in [-0.3, -0.25) is 4.40 Å². The van der Waals surface area contributed by atoms with Gasteiger partial charge in [-0.15, -0.1) is 10.2 Å². The Kier molecular flexibility index (Phi) is 6.07. The van der Waals surface area contributed by atoms with Crippen LogP contribution in [0.15, 0.2) is 193 Å². The van der Waals surface area contributed by atoms with Gasteiger partial charge in [-0.05, 0) is 73.2 Å². The third-order valence-electron chi connectivity index (χ3n) is 12.6. The summed E-state index contributed by atoms with van der Waals surface area (Å²) in [7, 11) is 0. The molecular formula is C53H31N3O. The van der Waals surface area contributed by atoms with Crippen LogP contribution < -0.4 is 0 Å². The van der Waals surface area contributed by atoms with E-state index in [2.05, 4.69) is 180 Å². The summed E-state index contributed by atoms with van der Waals surface area (Å²) in [5.41, 5.74) is 18.2. The Labute approximate surface area is 327 Å². The first-order valence-corrected chi connectivity index (χ1v) is 19.5. The van der Waals surface area contributed by atoms with Crippen LogP contribution in [0.5, 0.6) is 0 Å². The highest BCUT2D eigenvalue weighted by Gasteiger charge is 2.51. The van der Waals surface area contributed by atoms with Crippen LogP contribution in [0.4, 0.5) is 0 Å². The zero-order valence-electron chi connectivity index (χ0n) is 30.6. The molecule has 11 aromatic rings. The summed E-state index contributed by atoms with van der Waals surface area (Å²) < 4.78 is 8.55. The average Bonchev–Trinajstić information content (AvgIpc) is 4.03. The summed E-state index contributed by atoms with van der Waals surface area (Å²) in [4.78, 5) is 0. The van der Waals surface area contributed by atoms with Gasteiger partial charge in [-0.25, -0.2) is 0 Å². The van der Waals surface area contributed by atoms with Gasteiger partial charge in [-0.2, -0.15) is 0 Å².